The van der Waals surface area contributed by atoms with Crippen molar-refractivity contribution >= 4 is 12.0 Å². The predicted octanol–water partition coefficient (Wildman–Crippen LogP) is 2.60. The van der Waals surface area contributed by atoms with Crippen molar-refractivity contribution < 1.29 is 30.0 Å². The summed E-state index contributed by atoms with van der Waals surface area (Å²) in [6.45, 7) is 6.20. The standard InChI is InChI=1S/C24H34O6/c1-22(2,27)19(25)13-15-23(3,28)18-12-14-24(4,29)20(16-18)30-21(26)11-10-17-8-6-5-7-9-17/h5-11,13,15,18-20,25,27-29H,12,14,16H2,1-4H3/b11-10+,15-13+/t18-,19-,20-,23-,24+/m1/s1. The molecule has 6 nitrogen and oxygen atoms in total. The van der Waals surface area contributed by atoms with Gasteiger partial charge in [-0.25, -0.2) is 4.79 Å². The van der Waals surface area contributed by atoms with Gasteiger partial charge < -0.3 is 25.2 Å². The van der Waals surface area contributed by atoms with Crippen LogP contribution < -0.4 is 0 Å². The molecule has 30 heavy (non-hydrogen) atoms. The van der Waals surface area contributed by atoms with Gasteiger partial charge in [0.05, 0.1) is 16.8 Å². The second-order valence-electron chi connectivity index (χ2n) is 9.18. The average molecular weight is 419 g/mol. The molecular formula is C24H34O6. The van der Waals surface area contributed by atoms with Crippen molar-refractivity contribution in [3.63, 3.8) is 0 Å². The van der Waals surface area contributed by atoms with Crippen LogP contribution in [0.25, 0.3) is 6.08 Å². The van der Waals surface area contributed by atoms with Gasteiger partial charge in [0, 0.05) is 6.08 Å². The third kappa shape index (κ3) is 6.77. The van der Waals surface area contributed by atoms with E-state index in [1.54, 1.807) is 19.9 Å². The molecule has 1 aromatic carbocycles. The molecule has 0 radical (unpaired) electrons. The third-order valence-electron chi connectivity index (χ3n) is 5.83. The molecule has 6 heteroatoms. The Morgan fingerprint density at radius 1 is 1.23 bits per heavy atom. The molecule has 1 saturated carbocycles. The number of hydrogen-bond acceptors (Lipinski definition) is 6. The molecule has 4 N–H and O–H groups in total. The van der Waals surface area contributed by atoms with Crippen molar-refractivity contribution in [3.05, 3.63) is 54.1 Å². The molecule has 1 aliphatic rings. The van der Waals surface area contributed by atoms with Gasteiger partial charge in [0.1, 0.15) is 12.2 Å². The van der Waals surface area contributed by atoms with Crippen LogP contribution in [0.1, 0.15) is 52.5 Å². The van der Waals surface area contributed by atoms with Gasteiger partial charge in [-0.05, 0) is 64.5 Å². The molecule has 2 rings (SSSR count). The van der Waals surface area contributed by atoms with Crippen molar-refractivity contribution in [2.75, 3.05) is 0 Å². The third-order valence-corrected chi connectivity index (χ3v) is 5.83. The van der Waals surface area contributed by atoms with Gasteiger partial charge in [0.25, 0.3) is 0 Å². The normalized spacial score (nSPS) is 28.4. The van der Waals surface area contributed by atoms with Gasteiger partial charge in [0.2, 0.25) is 0 Å². The number of aliphatic hydroxyl groups excluding tert-OH is 1. The minimum Gasteiger partial charge on any atom is -0.456 e. The number of carbonyl (C=O) groups excluding carboxylic acids is 1. The van der Waals surface area contributed by atoms with Crippen LogP contribution in [0, 0.1) is 5.92 Å². The predicted molar refractivity (Wildman–Crippen MR) is 115 cm³/mol. The van der Waals surface area contributed by atoms with E-state index in [0.717, 1.165) is 5.56 Å². The smallest absolute Gasteiger partial charge is 0.331 e. The Hall–Kier alpha value is -1.99. The van der Waals surface area contributed by atoms with Crippen molar-refractivity contribution in [2.24, 2.45) is 5.92 Å². The quantitative estimate of drug-likeness (QED) is 0.308. The summed E-state index contributed by atoms with van der Waals surface area (Å²) >= 11 is 0. The van der Waals surface area contributed by atoms with Crippen LogP contribution >= 0.6 is 0 Å². The Labute approximate surface area is 178 Å². The summed E-state index contributed by atoms with van der Waals surface area (Å²) in [6.07, 6.45) is 5.06. The fraction of sp³-hybridized carbons (Fsp3) is 0.542. The highest BCUT2D eigenvalue weighted by atomic mass is 16.6. The minimum atomic E-state index is -1.33. The Balaban J connectivity index is 2.06. The van der Waals surface area contributed by atoms with E-state index in [2.05, 4.69) is 0 Å². The Morgan fingerprint density at radius 3 is 2.47 bits per heavy atom. The molecule has 1 fully saturated rings. The fourth-order valence-electron chi connectivity index (χ4n) is 3.53. The maximum Gasteiger partial charge on any atom is 0.331 e. The highest BCUT2D eigenvalue weighted by molar-refractivity contribution is 5.87. The number of benzene rings is 1. The SMILES string of the molecule is CC(C)(O)[C@H](O)/C=C/[C@@](C)(O)[C@@H]1CC[C@](C)(O)[C@H](OC(=O)/C=C/c2ccccc2)C1. The molecule has 166 valence electrons. The van der Waals surface area contributed by atoms with Crippen LogP contribution in [-0.2, 0) is 9.53 Å². The number of esters is 1. The average Bonchev–Trinajstić information content (AvgIpc) is 2.66. The molecule has 0 saturated heterocycles. The number of rotatable bonds is 7. The second-order valence-corrected chi connectivity index (χ2v) is 9.18. The van der Waals surface area contributed by atoms with Crippen LogP contribution in [0.5, 0.6) is 0 Å². The van der Waals surface area contributed by atoms with E-state index in [4.69, 9.17) is 4.74 Å². The Bertz CT molecular complexity index is 758. The molecule has 0 bridgehead atoms. The van der Waals surface area contributed by atoms with Crippen molar-refractivity contribution in [2.45, 2.75) is 76.0 Å². The summed E-state index contributed by atoms with van der Waals surface area (Å²) in [5, 5.41) is 41.5. The molecule has 0 heterocycles. The molecule has 1 aromatic rings. The minimum absolute atomic E-state index is 0.272. The summed E-state index contributed by atoms with van der Waals surface area (Å²) in [6, 6.07) is 9.35. The Kier molecular flexibility index (Phi) is 7.64. The number of hydrogen-bond donors (Lipinski definition) is 4. The van der Waals surface area contributed by atoms with Crippen molar-refractivity contribution in [1.82, 2.24) is 0 Å². The summed E-state index contributed by atoms with van der Waals surface area (Å²) < 4.78 is 5.53. The first-order valence-electron chi connectivity index (χ1n) is 10.3. The van der Waals surface area contributed by atoms with Crippen LogP contribution in [0.15, 0.2) is 48.6 Å². The first-order chi connectivity index (χ1) is 13.8. The first kappa shape index (κ1) is 24.3. The highest BCUT2D eigenvalue weighted by Crippen LogP contribution is 2.40. The monoisotopic (exact) mass is 418 g/mol. The molecule has 0 aliphatic heterocycles. The summed E-state index contributed by atoms with van der Waals surface area (Å²) in [5.41, 5.74) is -2.96. The first-order valence-corrected chi connectivity index (χ1v) is 10.3. The topological polar surface area (TPSA) is 107 Å². The van der Waals surface area contributed by atoms with Gasteiger partial charge in [-0.1, -0.05) is 42.5 Å². The Morgan fingerprint density at radius 2 is 1.87 bits per heavy atom. The lowest BCUT2D eigenvalue weighted by atomic mass is 9.71. The molecule has 5 atom stereocenters. The lowest BCUT2D eigenvalue weighted by molar-refractivity contribution is -0.171. The van der Waals surface area contributed by atoms with Crippen LogP contribution in [0.3, 0.4) is 0 Å². The van der Waals surface area contributed by atoms with Gasteiger partial charge in [-0.15, -0.1) is 0 Å². The summed E-state index contributed by atoms with van der Waals surface area (Å²) in [5.74, 6) is -0.851. The number of ether oxygens (including phenoxy) is 1. The zero-order valence-corrected chi connectivity index (χ0v) is 18.2. The van der Waals surface area contributed by atoms with Gasteiger partial charge in [0.15, 0.2) is 0 Å². The van der Waals surface area contributed by atoms with Crippen LogP contribution in [0.2, 0.25) is 0 Å². The van der Waals surface area contributed by atoms with E-state index in [1.165, 1.54) is 32.1 Å². The summed E-state index contributed by atoms with van der Waals surface area (Å²) in [7, 11) is 0. The van der Waals surface area contributed by atoms with E-state index < -0.39 is 35.0 Å². The second kappa shape index (κ2) is 9.43. The zero-order valence-electron chi connectivity index (χ0n) is 18.2. The number of carbonyl (C=O) groups is 1. The van der Waals surface area contributed by atoms with E-state index in [0.29, 0.717) is 12.8 Å². The lowest BCUT2D eigenvalue weighted by Gasteiger charge is -2.43. The zero-order chi connectivity index (χ0) is 22.6. The van der Waals surface area contributed by atoms with E-state index in [-0.39, 0.29) is 12.3 Å². The van der Waals surface area contributed by atoms with E-state index in [9.17, 15) is 25.2 Å². The van der Waals surface area contributed by atoms with Gasteiger partial charge >= 0.3 is 5.97 Å². The highest BCUT2D eigenvalue weighted by Gasteiger charge is 2.45. The van der Waals surface area contributed by atoms with Crippen molar-refractivity contribution in [3.8, 4) is 0 Å². The van der Waals surface area contributed by atoms with E-state index >= 15 is 0 Å². The van der Waals surface area contributed by atoms with Crippen LogP contribution in [-0.4, -0.2) is 55.4 Å². The molecule has 0 spiro atoms. The lowest BCUT2D eigenvalue weighted by Crippen LogP contribution is -2.51. The fourth-order valence-corrected chi connectivity index (χ4v) is 3.53. The van der Waals surface area contributed by atoms with Crippen LogP contribution in [0.4, 0.5) is 0 Å². The molecule has 0 aromatic heterocycles. The maximum atomic E-state index is 12.3. The van der Waals surface area contributed by atoms with Gasteiger partial charge in [-0.3, -0.25) is 0 Å². The summed E-state index contributed by atoms with van der Waals surface area (Å²) in [4.78, 5) is 12.3. The maximum absolute atomic E-state index is 12.3. The number of aliphatic hydroxyl groups is 4. The van der Waals surface area contributed by atoms with Gasteiger partial charge in [-0.2, -0.15) is 0 Å². The molecule has 0 amide bonds. The molecule has 1 aliphatic carbocycles. The largest absolute Gasteiger partial charge is 0.456 e. The van der Waals surface area contributed by atoms with E-state index in [1.807, 2.05) is 30.3 Å². The molecular weight excluding hydrogens is 384 g/mol. The van der Waals surface area contributed by atoms with Crippen molar-refractivity contribution in [1.29, 1.82) is 0 Å². The molecule has 0 unspecified atom stereocenters.